The summed E-state index contributed by atoms with van der Waals surface area (Å²) in [5, 5.41) is 8.65. The van der Waals surface area contributed by atoms with Crippen LogP contribution in [0.4, 0.5) is 13.2 Å². The van der Waals surface area contributed by atoms with Crippen LogP contribution in [0.15, 0.2) is 12.1 Å². The predicted molar refractivity (Wildman–Crippen MR) is 44.7 cm³/mol. The third kappa shape index (κ3) is 2.61. The number of hydrogen-bond acceptors (Lipinski definition) is 2. The van der Waals surface area contributed by atoms with Gasteiger partial charge >= 0.3 is 12.6 Å². The minimum absolute atomic E-state index is 0.140. The molecule has 1 N–H and O–H groups in total. The Kier molecular flexibility index (Phi) is 3.18. The summed E-state index contributed by atoms with van der Waals surface area (Å²) in [6.45, 7) is -1.83. The average Bonchev–Trinajstić information content (AvgIpc) is 2.08. The van der Waals surface area contributed by atoms with Crippen LogP contribution in [-0.2, 0) is 0 Å². The van der Waals surface area contributed by atoms with Gasteiger partial charge in [-0.3, -0.25) is 0 Å². The van der Waals surface area contributed by atoms with Gasteiger partial charge in [-0.05, 0) is 24.6 Å². The van der Waals surface area contributed by atoms with Gasteiger partial charge in [-0.15, -0.1) is 0 Å². The molecule has 0 aliphatic rings. The lowest BCUT2D eigenvalue weighted by Gasteiger charge is -2.08. The van der Waals surface area contributed by atoms with Crippen LogP contribution in [0.3, 0.4) is 0 Å². The number of benzene rings is 1. The third-order valence-electron chi connectivity index (χ3n) is 1.73. The molecule has 3 nitrogen and oxygen atoms in total. The van der Waals surface area contributed by atoms with Gasteiger partial charge in [0.05, 0.1) is 5.56 Å². The number of ether oxygens (including phenoxy) is 1. The number of alkyl halides is 2. The second kappa shape index (κ2) is 4.20. The van der Waals surface area contributed by atoms with Crippen LogP contribution in [0.5, 0.6) is 5.75 Å². The molecule has 0 atom stereocenters. The number of halogens is 3. The van der Waals surface area contributed by atoms with Gasteiger partial charge in [0.15, 0.2) is 11.6 Å². The molecule has 0 radical (unpaired) electrons. The van der Waals surface area contributed by atoms with Gasteiger partial charge in [0, 0.05) is 0 Å². The molecule has 0 saturated heterocycles. The standard InChI is InChI=1S/C9H7F3O3/c1-4-2-6(10)7(15-9(11)12)3-5(4)8(13)14/h2-3,9H,1H3,(H,13,14). The fourth-order valence-electron chi connectivity index (χ4n) is 1.07. The fraction of sp³-hybridized carbons (Fsp3) is 0.222. The Hall–Kier alpha value is -1.72. The Balaban J connectivity index is 3.17. The van der Waals surface area contributed by atoms with Crippen molar-refractivity contribution in [3.63, 3.8) is 0 Å². The van der Waals surface area contributed by atoms with E-state index in [2.05, 4.69) is 4.74 Å². The molecular weight excluding hydrogens is 213 g/mol. The van der Waals surface area contributed by atoms with Crippen LogP contribution < -0.4 is 4.74 Å². The first-order chi connectivity index (χ1) is 6.91. The number of carboxylic acid groups (broad SMARTS) is 1. The van der Waals surface area contributed by atoms with Crippen LogP contribution in [0.1, 0.15) is 15.9 Å². The van der Waals surface area contributed by atoms with E-state index in [1.807, 2.05) is 0 Å². The maximum Gasteiger partial charge on any atom is 0.387 e. The highest BCUT2D eigenvalue weighted by molar-refractivity contribution is 5.89. The largest absolute Gasteiger partial charge is 0.478 e. The molecule has 0 bridgehead atoms. The molecule has 0 fully saturated rings. The summed E-state index contributed by atoms with van der Waals surface area (Å²) in [7, 11) is 0. The van der Waals surface area contributed by atoms with Crippen molar-refractivity contribution in [3.8, 4) is 5.75 Å². The average molecular weight is 220 g/mol. The highest BCUT2D eigenvalue weighted by Crippen LogP contribution is 2.23. The van der Waals surface area contributed by atoms with E-state index >= 15 is 0 Å². The molecule has 0 spiro atoms. The molecule has 82 valence electrons. The van der Waals surface area contributed by atoms with E-state index < -0.39 is 24.1 Å². The number of aromatic carboxylic acids is 1. The molecule has 0 heterocycles. The summed E-state index contributed by atoms with van der Waals surface area (Å²) >= 11 is 0. The highest BCUT2D eigenvalue weighted by Gasteiger charge is 2.15. The van der Waals surface area contributed by atoms with Gasteiger partial charge < -0.3 is 9.84 Å². The van der Waals surface area contributed by atoms with E-state index in [0.29, 0.717) is 0 Å². The summed E-state index contributed by atoms with van der Waals surface area (Å²) in [5.41, 5.74) is -0.131. The normalized spacial score (nSPS) is 10.5. The Labute approximate surface area is 83.1 Å². The smallest absolute Gasteiger partial charge is 0.387 e. The number of hydrogen-bond donors (Lipinski definition) is 1. The summed E-state index contributed by atoms with van der Waals surface area (Å²) in [6, 6.07) is 1.57. The van der Waals surface area contributed by atoms with Gasteiger partial charge in [0.2, 0.25) is 0 Å². The zero-order chi connectivity index (χ0) is 11.6. The van der Waals surface area contributed by atoms with Crippen molar-refractivity contribution in [2.24, 2.45) is 0 Å². The van der Waals surface area contributed by atoms with Crippen molar-refractivity contribution in [1.82, 2.24) is 0 Å². The number of aryl methyl sites for hydroxylation is 1. The zero-order valence-corrected chi connectivity index (χ0v) is 7.63. The third-order valence-corrected chi connectivity index (χ3v) is 1.73. The van der Waals surface area contributed by atoms with Crippen LogP contribution in [0.2, 0.25) is 0 Å². The lowest BCUT2D eigenvalue weighted by Crippen LogP contribution is -2.07. The topological polar surface area (TPSA) is 46.5 Å². The lowest BCUT2D eigenvalue weighted by molar-refractivity contribution is -0.0522. The molecule has 1 aromatic rings. The van der Waals surface area contributed by atoms with Crippen molar-refractivity contribution in [2.45, 2.75) is 13.5 Å². The number of rotatable bonds is 3. The molecular formula is C9H7F3O3. The monoisotopic (exact) mass is 220 g/mol. The molecule has 6 heteroatoms. The maximum absolute atomic E-state index is 13.0. The van der Waals surface area contributed by atoms with Gasteiger partial charge in [-0.2, -0.15) is 8.78 Å². The van der Waals surface area contributed by atoms with Gasteiger partial charge in [-0.1, -0.05) is 0 Å². The molecule has 0 aliphatic carbocycles. The van der Waals surface area contributed by atoms with E-state index in [-0.39, 0.29) is 11.1 Å². The predicted octanol–water partition coefficient (Wildman–Crippen LogP) is 2.43. The van der Waals surface area contributed by atoms with Crippen molar-refractivity contribution in [2.75, 3.05) is 0 Å². The van der Waals surface area contributed by atoms with Crippen molar-refractivity contribution in [1.29, 1.82) is 0 Å². The Morgan fingerprint density at radius 1 is 1.47 bits per heavy atom. The van der Waals surface area contributed by atoms with Crippen LogP contribution in [0, 0.1) is 12.7 Å². The first-order valence-electron chi connectivity index (χ1n) is 3.90. The lowest BCUT2D eigenvalue weighted by atomic mass is 10.1. The van der Waals surface area contributed by atoms with Crippen LogP contribution >= 0.6 is 0 Å². The SMILES string of the molecule is Cc1cc(F)c(OC(F)F)cc1C(=O)O. The van der Waals surface area contributed by atoms with Crippen LogP contribution in [-0.4, -0.2) is 17.7 Å². The Bertz CT molecular complexity index is 390. The fourth-order valence-corrected chi connectivity index (χ4v) is 1.07. The second-order valence-corrected chi connectivity index (χ2v) is 2.78. The molecule has 1 aromatic carbocycles. The first kappa shape index (κ1) is 11.4. The van der Waals surface area contributed by atoms with E-state index in [0.717, 1.165) is 12.1 Å². The summed E-state index contributed by atoms with van der Waals surface area (Å²) in [6.07, 6.45) is 0. The molecule has 15 heavy (non-hydrogen) atoms. The number of carboxylic acids is 1. The second-order valence-electron chi connectivity index (χ2n) is 2.78. The van der Waals surface area contributed by atoms with Crippen molar-refractivity contribution < 1.29 is 27.8 Å². The summed E-state index contributed by atoms with van der Waals surface area (Å²) in [4.78, 5) is 10.6. The molecule has 0 unspecified atom stereocenters. The molecule has 0 amide bonds. The van der Waals surface area contributed by atoms with E-state index in [1.165, 1.54) is 6.92 Å². The van der Waals surface area contributed by atoms with Crippen molar-refractivity contribution in [3.05, 3.63) is 29.1 Å². The molecule has 0 aromatic heterocycles. The number of carbonyl (C=O) groups is 1. The van der Waals surface area contributed by atoms with Gasteiger partial charge in [0.1, 0.15) is 0 Å². The van der Waals surface area contributed by atoms with Crippen LogP contribution in [0.25, 0.3) is 0 Å². The van der Waals surface area contributed by atoms with E-state index in [9.17, 15) is 18.0 Å². The summed E-state index contributed by atoms with van der Waals surface area (Å²) < 4.78 is 40.4. The quantitative estimate of drug-likeness (QED) is 0.850. The van der Waals surface area contributed by atoms with Gasteiger partial charge in [0.25, 0.3) is 0 Å². The Morgan fingerprint density at radius 2 is 2.07 bits per heavy atom. The maximum atomic E-state index is 13.0. The minimum atomic E-state index is -3.19. The van der Waals surface area contributed by atoms with E-state index in [1.54, 1.807) is 0 Å². The van der Waals surface area contributed by atoms with Gasteiger partial charge in [-0.25, -0.2) is 9.18 Å². The Morgan fingerprint density at radius 3 is 2.53 bits per heavy atom. The summed E-state index contributed by atoms with van der Waals surface area (Å²) in [5.74, 6) is -3.11. The molecule has 1 rings (SSSR count). The zero-order valence-electron chi connectivity index (χ0n) is 7.63. The van der Waals surface area contributed by atoms with Crippen molar-refractivity contribution >= 4 is 5.97 Å². The molecule has 0 saturated carbocycles. The minimum Gasteiger partial charge on any atom is -0.478 e. The highest BCUT2D eigenvalue weighted by atomic mass is 19.3. The molecule has 0 aliphatic heterocycles. The van der Waals surface area contributed by atoms with E-state index in [4.69, 9.17) is 5.11 Å². The first-order valence-corrected chi connectivity index (χ1v) is 3.90.